The lowest BCUT2D eigenvalue weighted by Gasteiger charge is -2.25. The Bertz CT molecular complexity index is 1140. The lowest BCUT2D eigenvalue weighted by molar-refractivity contribution is -0.154. The Kier molecular flexibility index (Phi) is 10.4. The smallest absolute Gasteiger partial charge is 0.347 e. The van der Waals surface area contributed by atoms with Crippen molar-refractivity contribution in [2.24, 2.45) is 0 Å². The Labute approximate surface area is 219 Å². The van der Waals surface area contributed by atoms with Crippen molar-refractivity contribution in [3.8, 4) is 5.75 Å². The number of carboxylic acids is 1. The average Bonchev–Trinajstić information content (AvgIpc) is 3.28. The molecule has 194 valence electrons. The third-order valence-corrected chi connectivity index (χ3v) is 7.84. The van der Waals surface area contributed by atoms with Crippen LogP contribution in [0.1, 0.15) is 70.4 Å². The summed E-state index contributed by atoms with van der Waals surface area (Å²) in [5.74, 6) is -0.275. The van der Waals surface area contributed by atoms with Gasteiger partial charge >= 0.3 is 5.97 Å². The lowest BCUT2D eigenvalue weighted by Crippen LogP contribution is -2.40. The average molecular weight is 510 g/mol. The van der Waals surface area contributed by atoms with Gasteiger partial charge in [0, 0.05) is 17.8 Å². The maximum Gasteiger partial charge on any atom is 0.347 e. The van der Waals surface area contributed by atoms with Gasteiger partial charge in [0.05, 0.1) is 6.42 Å². The molecule has 0 saturated carbocycles. The van der Waals surface area contributed by atoms with Gasteiger partial charge in [0.15, 0.2) is 0 Å². The van der Waals surface area contributed by atoms with E-state index < -0.39 is 11.6 Å². The van der Waals surface area contributed by atoms with Gasteiger partial charge in [0.1, 0.15) is 5.75 Å². The second-order valence-electron chi connectivity index (χ2n) is 9.62. The molecule has 0 bridgehead atoms. The van der Waals surface area contributed by atoms with E-state index in [2.05, 4.69) is 24.4 Å². The summed E-state index contributed by atoms with van der Waals surface area (Å²) in [4.78, 5) is 27.0. The van der Waals surface area contributed by atoms with Crippen molar-refractivity contribution in [2.75, 3.05) is 13.1 Å². The summed E-state index contributed by atoms with van der Waals surface area (Å²) in [5.41, 5.74) is 0.864. The van der Waals surface area contributed by atoms with Crippen LogP contribution in [0.3, 0.4) is 0 Å². The maximum absolute atomic E-state index is 13.4. The molecular formula is C30H39NO4S. The summed E-state index contributed by atoms with van der Waals surface area (Å²) < 4.78 is 7.05. The highest BCUT2D eigenvalue weighted by Crippen LogP contribution is 2.27. The van der Waals surface area contributed by atoms with Crippen LogP contribution >= 0.6 is 11.3 Å². The molecule has 0 saturated heterocycles. The number of fused-ring (bicyclic) bond motifs is 1. The summed E-state index contributed by atoms with van der Waals surface area (Å²) >= 11 is 1.69. The zero-order valence-corrected chi connectivity index (χ0v) is 22.6. The molecule has 1 aromatic heterocycles. The molecule has 1 N–H and O–H groups in total. The third-order valence-electron chi connectivity index (χ3n) is 6.83. The number of hydrogen-bond donors (Lipinski definition) is 1. The third kappa shape index (κ3) is 7.57. The summed E-state index contributed by atoms with van der Waals surface area (Å²) in [6.07, 6.45) is 7.24. The van der Waals surface area contributed by atoms with Crippen molar-refractivity contribution in [1.29, 1.82) is 0 Å². The Balaban J connectivity index is 1.68. The molecule has 0 radical (unpaired) electrons. The van der Waals surface area contributed by atoms with Gasteiger partial charge in [-0.1, -0.05) is 69.9 Å². The number of benzene rings is 2. The highest BCUT2D eigenvalue weighted by molar-refractivity contribution is 7.17. The van der Waals surface area contributed by atoms with Crippen molar-refractivity contribution in [1.82, 2.24) is 4.90 Å². The van der Waals surface area contributed by atoms with Gasteiger partial charge in [-0.25, -0.2) is 4.79 Å². The topological polar surface area (TPSA) is 66.8 Å². The van der Waals surface area contributed by atoms with Gasteiger partial charge in [0.2, 0.25) is 11.5 Å². The van der Waals surface area contributed by atoms with E-state index in [0.717, 1.165) is 30.5 Å². The number of nitrogens with zero attached hydrogens (tertiary/aromatic N) is 1. The summed E-state index contributed by atoms with van der Waals surface area (Å²) in [6, 6.07) is 15.8. The number of hydrogen-bond acceptors (Lipinski definition) is 4. The van der Waals surface area contributed by atoms with Crippen molar-refractivity contribution < 1.29 is 19.4 Å². The highest BCUT2D eigenvalue weighted by Gasteiger charge is 2.33. The quantitative estimate of drug-likeness (QED) is 0.222. The first-order valence-electron chi connectivity index (χ1n) is 13.1. The fraction of sp³-hybridized carbons (Fsp3) is 0.467. The molecule has 1 atom stereocenters. The van der Waals surface area contributed by atoms with Crippen LogP contribution in [0.5, 0.6) is 5.75 Å². The first-order chi connectivity index (χ1) is 17.4. The van der Waals surface area contributed by atoms with E-state index in [4.69, 9.17) is 4.74 Å². The van der Waals surface area contributed by atoms with Crippen LogP contribution in [0.15, 0.2) is 53.9 Å². The first kappa shape index (κ1) is 27.7. The van der Waals surface area contributed by atoms with Crippen molar-refractivity contribution in [2.45, 2.75) is 77.7 Å². The molecule has 0 aliphatic heterocycles. The number of ether oxygens (including phenoxy) is 1. The number of rotatable bonds is 15. The van der Waals surface area contributed by atoms with Crippen molar-refractivity contribution in [3.63, 3.8) is 0 Å². The number of unbranched alkanes of at least 4 members (excludes halogenated alkanes) is 4. The van der Waals surface area contributed by atoms with Gasteiger partial charge in [-0.3, -0.25) is 4.79 Å². The second-order valence-corrected chi connectivity index (χ2v) is 10.5. The monoisotopic (exact) mass is 509 g/mol. The van der Waals surface area contributed by atoms with Gasteiger partial charge in [-0.15, -0.1) is 11.3 Å². The first-order valence-corrected chi connectivity index (χ1v) is 14.0. The molecule has 0 spiro atoms. The fourth-order valence-corrected chi connectivity index (χ4v) is 5.23. The van der Waals surface area contributed by atoms with Gasteiger partial charge in [0.25, 0.3) is 0 Å². The van der Waals surface area contributed by atoms with E-state index in [1.54, 1.807) is 31.3 Å². The maximum atomic E-state index is 13.4. The number of amides is 1. The molecular weight excluding hydrogens is 470 g/mol. The van der Waals surface area contributed by atoms with Gasteiger partial charge in [-0.2, -0.15) is 0 Å². The van der Waals surface area contributed by atoms with E-state index in [1.165, 1.54) is 29.3 Å². The van der Waals surface area contributed by atoms with E-state index in [9.17, 15) is 14.7 Å². The number of carboxylic acid groups (broad SMARTS) is 1. The van der Waals surface area contributed by atoms with Crippen LogP contribution in [0.2, 0.25) is 0 Å². The molecule has 6 heteroatoms. The Hall–Kier alpha value is -2.86. The Morgan fingerprint density at radius 3 is 2.53 bits per heavy atom. The molecule has 3 aromatic rings. The van der Waals surface area contributed by atoms with E-state index in [0.29, 0.717) is 31.6 Å². The SMILES string of the molecule is CCCCCCCN(CCc1cccc(OC(C)(CC)C(=O)O)c1)C(=O)Cc1csc2ccccc12. The van der Waals surface area contributed by atoms with Gasteiger partial charge < -0.3 is 14.7 Å². The van der Waals surface area contributed by atoms with E-state index in [1.807, 2.05) is 35.2 Å². The van der Waals surface area contributed by atoms with E-state index >= 15 is 0 Å². The standard InChI is InChI=1S/C30H39NO4S/c1-4-6-7-8-11-18-31(28(32)21-24-22-36-27-16-10-9-15-26(24)27)19-17-23-13-12-14-25(20-23)35-30(3,5-2)29(33)34/h9-10,12-16,20,22H,4-8,11,17-19,21H2,1-3H3,(H,33,34). The van der Waals surface area contributed by atoms with Crippen LogP contribution in [-0.2, 0) is 22.4 Å². The minimum atomic E-state index is -1.26. The largest absolute Gasteiger partial charge is 0.478 e. The molecule has 5 nitrogen and oxygen atoms in total. The minimum absolute atomic E-state index is 0.158. The van der Waals surface area contributed by atoms with Crippen molar-refractivity contribution in [3.05, 3.63) is 65.0 Å². The predicted octanol–water partition coefficient (Wildman–Crippen LogP) is 7.12. The number of carbonyl (C=O) groups excluding carboxylic acids is 1. The number of aliphatic carboxylic acids is 1. The summed E-state index contributed by atoms with van der Waals surface area (Å²) in [5, 5.41) is 12.8. The normalized spacial score (nSPS) is 12.9. The number of thiophene rings is 1. The van der Waals surface area contributed by atoms with Crippen molar-refractivity contribution >= 4 is 33.3 Å². The Morgan fingerprint density at radius 1 is 1.00 bits per heavy atom. The zero-order valence-electron chi connectivity index (χ0n) is 21.8. The van der Waals surface area contributed by atoms with Crippen LogP contribution in [0.25, 0.3) is 10.1 Å². The minimum Gasteiger partial charge on any atom is -0.478 e. The molecule has 3 rings (SSSR count). The summed E-state index contributed by atoms with van der Waals surface area (Å²) in [6.45, 7) is 6.99. The van der Waals surface area contributed by atoms with Gasteiger partial charge in [-0.05, 0) is 66.3 Å². The molecule has 36 heavy (non-hydrogen) atoms. The molecule has 2 aromatic carbocycles. The van der Waals surface area contributed by atoms with E-state index in [-0.39, 0.29) is 5.91 Å². The summed E-state index contributed by atoms with van der Waals surface area (Å²) in [7, 11) is 0. The molecule has 1 amide bonds. The Morgan fingerprint density at radius 2 is 1.78 bits per heavy atom. The molecule has 0 aliphatic rings. The number of carbonyl (C=O) groups is 2. The van der Waals surface area contributed by atoms with Crippen LogP contribution in [-0.4, -0.2) is 40.6 Å². The fourth-order valence-electron chi connectivity index (χ4n) is 4.27. The van der Waals surface area contributed by atoms with Crippen LogP contribution < -0.4 is 4.74 Å². The molecule has 1 heterocycles. The van der Waals surface area contributed by atoms with Crippen LogP contribution in [0.4, 0.5) is 0 Å². The highest BCUT2D eigenvalue weighted by atomic mass is 32.1. The molecule has 1 unspecified atom stereocenters. The molecule has 0 aliphatic carbocycles. The lowest BCUT2D eigenvalue weighted by atomic mass is 10.0. The molecule has 0 fully saturated rings. The predicted molar refractivity (Wildman–Crippen MR) is 148 cm³/mol. The second kappa shape index (κ2) is 13.4. The zero-order chi connectivity index (χ0) is 26.0. The van der Waals surface area contributed by atoms with Crippen LogP contribution in [0, 0.1) is 0 Å².